The lowest BCUT2D eigenvalue weighted by molar-refractivity contribution is 0.629. The zero-order valence-electron chi connectivity index (χ0n) is 8.48. The van der Waals surface area contributed by atoms with Crippen molar-refractivity contribution >= 4 is 27.1 Å². The number of H-pyrrole nitrogens is 1. The van der Waals surface area contributed by atoms with E-state index in [-0.39, 0.29) is 5.82 Å². The number of nitrogens with zero attached hydrogens (tertiary/aromatic N) is 3. The number of halogens is 2. The summed E-state index contributed by atoms with van der Waals surface area (Å²) < 4.78 is 14.4. The minimum absolute atomic E-state index is 0.341. The van der Waals surface area contributed by atoms with Crippen molar-refractivity contribution in [2.45, 2.75) is 0 Å². The van der Waals surface area contributed by atoms with Gasteiger partial charge in [0.15, 0.2) is 5.65 Å². The maximum atomic E-state index is 13.7. The number of imidazole rings is 1. The second kappa shape index (κ2) is 3.89. The molecule has 84 valence electrons. The van der Waals surface area contributed by atoms with Gasteiger partial charge < -0.3 is 4.98 Å². The number of benzene rings is 1. The highest BCUT2D eigenvalue weighted by Crippen LogP contribution is 2.24. The van der Waals surface area contributed by atoms with Crippen molar-refractivity contribution in [1.82, 2.24) is 19.9 Å². The number of rotatable bonds is 1. The summed E-state index contributed by atoms with van der Waals surface area (Å²) in [7, 11) is 0. The van der Waals surface area contributed by atoms with E-state index >= 15 is 0 Å². The molecule has 0 amide bonds. The van der Waals surface area contributed by atoms with Crippen LogP contribution in [0.5, 0.6) is 0 Å². The van der Waals surface area contributed by atoms with Crippen LogP contribution in [0.1, 0.15) is 0 Å². The van der Waals surface area contributed by atoms with Gasteiger partial charge in [-0.1, -0.05) is 15.9 Å². The predicted octanol–water partition coefficient (Wildman–Crippen LogP) is 2.92. The van der Waals surface area contributed by atoms with Crippen LogP contribution in [0, 0.1) is 5.82 Å². The van der Waals surface area contributed by atoms with Gasteiger partial charge in [0, 0.05) is 4.47 Å². The second-order valence-electron chi connectivity index (χ2n) is 3.47. The van der Waals surface area contributed by atoms with Crippen molar-refractivity contribution in [2.75, 3.05) is 0 Å². The molecule has 0 unspecified atom stereocenters. The number of hydrogen-bond acceptors (Lipinski definition) is 3. The summed E-state index contributed by atoms with van der Waals surface area (Å²) in [5.41, 5.74) is 1.62. The molecule has 0 bridgehead atoms. The third kappa shape index (κ3) is 1.80. The quantitative estimate of drug-likeness (QED) is 0.750. The average Bonchev–Trinajstić information content (AvgIpc) is 2.72. The largest absolute Gasteiger partial charge is 0.335 e. The molecule has 2 heterocycles. The Balaban J connectivity index is 2.20. The molecule has 0 saturated heterocycles. The lowest BCUT2D eigenvalue weighted by Gasteiger charge is -1.99. The minimum Gasteiger partial charge on any atom is -0.335 e. The van der Waals surface area contributed by atoms with Crippen LogP contribution in [0.2, 0.25) is 0 Å². The Morgan fingerprint density at radius 1 is 1.29 bits per heavy atom. The molecule has 0 fully saturated rings. The van der Waals surface area contributed by atoms with Crippen molar-refractivity contribution in [3.63, 3.8) is 0 Å². The second-order valence-corrected chi connectivity index (χ2v) is 4.39. The standard InChI is InChI=1S/C11H6BrFN4/c12-6-1-2-7(8(13)3-6)10-16-9-4-14-5-15-11(9)17-10/h1-5H,(H,14,15,16,17). The summed E-state index contributed by atoms with van der Waals surface area (Å²) in [5, 5.41) is 0. The Hall–Kier alpha value is -1.82. The number of fused-ring (bicyclic) bond motifs is 1. The molecule has 1 N–H and O–H groups in total. The van der Waals surface area contributed by atoms with Crippen molar-refractivity contribution in [2.24, 2.45) is 0 Å². The van der Waals surface area contributed by atoms with E-state index in [2.05, 4.69) is 35.9 Å². The number of hydrogen-bond donors (Lipinski definition) is 1. The normalized spacial score (nSPS) is 10.9. The lowest BCUT2D eigenvalue weighted by atomic mass is 10.2. The van der Waals surface area contributed by atoms with Gasteiger partial charge in [-0.3, -0.25) is 0 Å². The van der Waals surface area contributed by atoms with Crippen molar-refractivity contribution in [3.05, 3.63) is 41.0 Å². The third-order valence-corrected chi connectivity index (χ3v) is 2.84. The summed E-state index contributed by atoms with van der Waals surface area (Å²) in [5.74, 6) is 0.108. The SMILES string of the molecule is Fc1cc(Br)ccc1-c1nc2ncncc2[nH]1. The fraction of sp³-hybridized carbons (Fsp3) is 0. The van der Waals surface area contributed by atoms with Crippen molar-refractivity contribution in [1.29, 1.82) is 0 Å². The first-order valence-corrected chi connectivity index (χ1v) is 5.64. The fourth-order valence-corrected chi connectivity index (χ4v) is 1.90. The first-order valence-electron chi connectivity index (χ1n) is 4.85. The summed E-state index contributed by atoms with van der Waals surface area (Å²) in [6, 6.07) is 4.82. The topological polar surface area (TPSA) is 54.5 Å². The van der Waals surface area contributed by atoms with Gasteiger partial charge in [0.1, 0.15) is 23.5 Å². The van der Waals surface area contributed by atoms with E-state index in [1.807, 2.05) is 0 Å². The molecule has 3 aromatic rings. The molecule has 0 aliphatic heterocycles. The highest BCUT2D eigenvalue weighted by molar-refractivity contribution is 9.10. The van der Waals surface area contributed by atoms with Crippen LogP contribution >= 0.6 is 15.9 Å². The van der Waals surface area contributed by atoms with E-state index in [1.165, 1.54) is 12.4 Å². The fourth-order valence-electron chi connectivity index (χ4n) is 1.57. The molecule has 1 aromatic carbocycles. The molecule has 0 radical (unpaired) electrons. The summed E-state index contributed by atoms with van der Waals surface area (Å²) in [4.78, 5) is 15.1. The average molecular weight is 293 g/mol. The highest BCUT2D eigenvalue weighted by atomic mass is 79.9. The highest BCUT2D eigenvalue weighted by Gasteiger charge is 2.10. The van der Waals surface area contributed by atoms with Crippen LogP contribution in [0.25, 0.3) is 22.6 Å². The van der Waals surface area contributed by atoms with Crippen molar-refractivity contribution < 1.29 is 4.39 Å². The van der Waals surface area contributed by atoms with Crippen LogP contribution < -0.4 is 0 Å². The van der Waals surface area contributed by atoms with Crippen LogP contribution in [0.4, 0.5) is 4.39 Å². The third-order valence-electron chi connectivity index (χ3n) is 2.35. The molecule has 0 spiro atoms. The molecule has 17 heavy (non-hydrogen) atoms. The van der Waals surface area contributed by atoms with Crippen LogP contribution in [-0.4, -0.2) is 19.9 Å². The van der Waals surface area contributed by atoms with E-state index in [4.69, 9.17) is 0 Å². The minimum atomic E-state index is -0.341. The van der Waals surface area contributed by atoms with E-state index in [0.29, 0.717) is 27.0 Å². The van der Waals surface area contributed by atoms with Gasteiger partial charge in [-0.15, -0.1) is 0 Å². The molecule has 0 aliphatic carbocycles. The molecule has 2 aromatic heterocycles. The Morgan fingerprint density at radius 2 is 2.18 bits per heavy atom. The maximum absolute atomic E-state index is 13.7. The Kier molecular flexibility index (Phi) is 2.36. The molecule has 0 saturated carbocycles. The predicted molar refractivity (Wildman–Crippen MR) is 64.8 cm³/mol. The Morgan fingerprint density at radius 3 is 2.94 bits per heavy atom. The summed E-state index contributed by atoms with van der Waals surface area (Å²) in [6.45, 7) is 0. The van der Waals surface area contributed by atoms with E-state index in [1.54, 1.807) is 18.3 Å². The zero-order valence-corrected chi connectivity index (χ0v) is 10.1. The van der Waals surface area contributed by atoms with Gasteiger partial charge in [0.2, 0.25) is 0 Å². The monoisotopic (exact) mass is 292 g/mol. The molecule has 3 rings (SSSR count). The number of aromatic nitrogens is 4. The molecule has 0 aliphatic rings. The van der Waals surface area contributed by atoms with Gasteiger partial charge in [-0.2, -0.15) is 0 Å². The van der Waals surface area contributed by atoms with E-state index < -0.39 is 0 Å². The van der Waals surface area contributed by atoms with Gasteiger partial charge in [0.05, 0.1) is 11.8 Å². The first kappa shape index (κ1) is 10.3. The molecule has 4 nitrogen and oxygen atoms in total. The van der Waals surface area contributed by atoms with E-state index in [0.717, 1.165) is 0 Å². The number of nitrogens with one attached hydrogen (secondary N) is 1. The van der Waals surface area contributed by atoms with Gasteiger partial charge in [-0.25, -0.2) is 19.3 Å². The van der Waals surface area contributed by atoms with Crippen LogP contribution in [0.15, 0.2) is 35.2 Å². The van der Waals surface area contributed by atoms with Gasteiger partial charge in [0.25, 0.3) is 0 Å². The Bertz CT molecular complexity index is 662. The molecule has 0 atom stereocenters. The lowest BCUT2D eigenvalue weighted by Crippen LogP contribution is -1.86. The molecular weight excluding hydrogens is 287 g/mol. The molecule has 6 heteroatoms. The number of aromatic amines is 1. The van der Waals surface area contributed by atoms with Gasteiger partial charge >= 0.3 is 0 Å². The van der Waals surface area contributed by atoms with Crippen LogP contribution in [-0.2, 0) is 0 Å². The Labute approximate surface area is 104 Å². The van der Waals surface area contributed by atoms with Crippen LogP contribution in [0.3, 0.4) is 0 Å². The maximum Gasteiger partial charge on any atom is 0.181 e. The summed E-state index contributed by atoms with van der Waals surface area (Å²) in [6.07, 6.45) is 3.01. The smallest absolute Gasteiger partial charge is 0.181 e. The van der Waals surface area contributed by atoms with Gasteiger partial charge in [-0.05, 0) is 18.2 Å². The van der Waals surface area contributed by atoms with Crippen molar-refractivity contribution in [3.8, 4) is 11.4 Å². The first-order chi connectivity index (χ1) is 8.24. The van der Waals surface area contributed by atoms with E-state index in [9.17, 15) is 4.39 Å². The summed E-state index contributed by atoms with van der Waals surface area (Å²) >= 11 is 3.21. The molecular formula is C11H6BrFN4. The zero-order chi connectivity index (χ0) is 11.8.